The molecule has 0 radical (unpaired) electrons. The van der Waals surface area contributed by atoms with E-state index in [0.717, 1.165) is 0 Å². The van der Waals surface area contributed by atoms with Crippen molar-refractivity contribution in [3.8, 4) is 5.75 Å². The van der Waals surface area contributed by atoms with E-state index < -0.39 is 10.0 Å². The van der Waals surface area contributed by atoms with Crippen molar-refractivity contribution >= 4 is 21.6 Å². The van der Waals surface area contributed by atoms with Crippen LogP contribution < -0.4 is 10.1 Å². The van der Waals surface area contributed by atoms with E-state index in [1.807, 2.05) is 0 Å². The highest BCUT2D eigenvalue weighted by Crippen LogP contribution is 2.19. The summed E-state index contributed by atoms with van der Waals surface area (Å²) in [4.78, 5) is 12.5. The van der Waals surface area contributed by atoms with Crippen LogP contribution in [-0.2, 0) is 10.0 Å². The molecular weight excluding hydrogens is 340 g/mol. The molecule has 0 atom stereocenters. The normalized spacial score (nSPS) is 11.4. The number of nitrogens with one attached hydrogen (secondary N) is 1. The smallest absolute Gasteiger partial charge is 0.255 e. The van der Waals surface area contributed by atoms with Crippen LogP contribution in [-0.4, -0.2) is 38.8 Å². The maximum atomic E-state index is 12.4. The standard InChI is InChI=1S/C18H22N2O4S/c1-4-20(5-2)25(22,23)17-11-9-15(10-12-17)19-18(21)14-7-6-8-16(13-14)24-3/h6-13H,4-5H2,1-3H3,(H,19,21). The largest absolute Gasteiger partial charge is 0.497 e. The third kappa shape index (κ3) is 4.37. The topological polar surface area (TPSA) is 75.7 Å². The number of sulfonamides is 1. The van der Waals surface area contributed by atoms with Crippen molar-refractivity contribution in [2.75, 3.05) is 25.5 Å². The second-order valence-electron chi connectivity index (χ2n) is 5.30. The molecule has 0 aliphatic heterocycles. The monoisotopic (exact) mass is 362 g/mol. The van der Waals surface area contributed by atoms with Crippen LogP contribution >= 0.6 is 0 Å². The van der Waals surface area contributed by atoms with Gasteiger partial charge in [0.2, 0.25) is 10.0 Å². The number of carbonyl (C=O) groups is 1. The Bertz CT molecular complexity index is 828. The number of anilines is 1. The Morgan fingerprint density at radius 1 is 1.08 bits per heavy atom. The van der Waals surface area contributed by atoms with Crippen LogP contribution in [0.25, 0.3) is 0 Å². The Morgan fingerprint density at radius 3 is 2.28 bits per heavy atom. The Kier molecular flexibility index (Phi) is 6.17. The van der Waals surface area contributed by atoms with Gasteiger partial charge >= 0.3 is 0 Å². The van der Waals surface area contributed by atoms with Crippen molar-refractivity contribution in [3.05, 3.63) is 54.1 Å². The summed E-state index contributed by atoms with van der Waals surface area (Å²) in [7, 11) is -1.97. The summed E-state index contributed by atoms with van der Waals surface area (Å²) in [6, 6.07) is 12.9. The SMILES string of the molecule is CCN(CC)S(=O)(=O)c1ccc(NC(=O)c2cccc(OC)c2)cc1. The lowest BCUT2D eigenvalue weighted by atomic mass is 10.2. The summed E-state index contributed by atoms with van der Waals surface area (Å²) in [5.41, 5.74) is 0.977. The molecule has 0 saturated heterocycles. The lowest BCUT2D eigenvalue weighted by molar-refractivity contribution is 0.102. The van der Waals surface area contributed by atoms with E-state index in [2.05, 4.69) is 5.32 Å². The van der Waals surface area contributed by atoms with Gasteiger partial charge in [-0.05, 0) is 42.5 Å². The zero-order valence-electron chi connectivity index (χ0n) is 14.5. The van der Waals surface area contributed by atoms with Gasteiger partial charge in [-0.1, -0.05) is 19.9 Å². The molecule has 0 saturated carbocycles. The fourth-order valence-corrected chi connectivity index (χ4v) is 3.85. The molecule has 1 N–H and O–H groups in total. The van der Waals surface area contributed by atoms with Crippen molar-refractivity contribution in [1.29, 1.82) is 0 Å². The fraction of sp³-hybridized carbons (Fsp3) is 0.278. The molecule has 0 spiro atoms. The van der Waals surface area contributed by atoms with E-state index in [9.17, 15) is 13.2 Å². The molecule has 0 heterocycles. The number of methoxy groups -OCH3 is 1. The lowest BCUT2D eigenvalue weighted by Gasteiger charge is -2.18. The molecule has 2 rings (SSSR count). The molecule has 2 aromatic carbocycles. The van der Waals surface area contributed by atoms with E-state index in [1.54, 1.807) is 50.2 Å². The Morgan fingerprint density at radius 2 is 1.72 bits per heavy atom. The molecule has 6 nitrogen and oxygen atoms in total. The zero-order chi connectivity index (χ0) is 18.4. The van der Waals surface area contributed by atoms with E-state index in [-0.39, 0.29) is 10.8 Å². The van der Waals surface area contributed by atoms with Crippen LogP contribution in [0.4, 0.5) is 5.69 Å². The number of carbonyl (C=O) groups excluding carboxylic acids is 1. The predicted molar refractivity (Wildman–Crippen MR) is 97.5 cm³/mol. The highest BCUT2D eigenvalue weighted by molar-refractivity contribution is 7.89. The summed E-state index contributed by atoms with van der Waals surface area (Å²) in [6.45, 7) is 4.41. The molecule has 0 fully saturated rings. The van der Waals surface area contributed by atoms with Crippen LogP contribution in [0.3, 0.4) is 0 Å². The van der Waals surface area contributed by atoms with Crippen molar-refractivity contribution < 1.29 is 17.9 Å². The Hall–Kier alpha value is -2.38. The van der Waals surface area contributed by atoms with E-state index >= 15 is 0 Å². The van der Waals surface area contributed by atoms with E-state index in [1.165, 1.54) is 23.5 Å². The van der Waals surface area contributed by atoms with E-state index in [0.29, 0.717) is 30.1 Å². The zero-order valence-corrected chi connectivity index (χ0v) is 15.3. The third-order valence-electron chi connectivity index (χ3n) is 3.79. The second kappa shape index (κ2) is 8.13. The van der Waals surface area contributed by atoms with Crippen LogP contribution in [0.2, 0.25) is 0 Å². The number of benzene rings is 2. The van der Waals surface area contributed by atoms with E-state index in [4.69, 9.17) is 4.74 Å². The van der Waals surface area contributed by atoms with Gasteiger partial charge in [0.1, 0.15) is 5.75 Å². The number of nitrogens with zero attached hydrogens (tertiary/aromatic N) is 1. The summed E-state index contributed by atoms with van der Waals surface area (Å²) in [5, 5.41) is 2.74. The highest BCUT2D eigenvalue weighted by Gasteiger charge is 2.21. The van der Waals surface area contributed by atoms with Crippen molar-refractivity contribution in [3.63, 3.8) is 0 Å². The number of hydrogen-bond donors (Lipinski definition) is 1. The van der Waals surface area contributed by atoms with Gasteiger partial charge in [0.25, 0.3) is 5.91 Å². The fourth-order valence-electron chi connectivity index (χ4n) is 2.39. The molecule has 0 unspecified atom stereocenters. The van der Waals surface area contributed by atoms with Crippen molar-refractivity contribution in [1.82, 2.24) is 4.31 Å². The molecule has 7 heteroatoms. The van der Waals surface area contributed by atoms with Gasteiger partial charge in [0.15, 0.2) is 0 Å². The van der Waals surface area contributed by atoms with Crippen LogP contribution in [0.15, 0.2) is 53.4 Å². The van der Waals surface area contributed by atoms with Crippen LogP contribution in [0.5, 0.6) is 5.75 Å². The molecule has 2 aromatic rings. The third-order valence-corrected chi connectivity index (χ3v) is 5.85. The molecule has 25 heavy (non-hydrogen) atoms. The molecule has 1 amide bonds. The highest BCUT2D eigenvalue weighted by atomic mass is 32.2. The first-order valence-corrected chi connectivity index (χ1v) is 9.42. The first-order valence-electron chi connectivity index (χ1n) is 7.98. The minimum Gasteiger partial charge on any atom is -0.497 e. The van der Waals surface area contributed by atoms with Crippen molar-refractivity contribution in [2.24, 2.45) is 0 Å². The first-order chi connectivity index (χ1) is 11.9. The average Bonchev–Trinajstić information content (AvgIpc) is 2.63. The quantitative estimate of drug-likeness (QED) is 0.822. The summed E-state index contributed by atoms with van der Waals surface area (Å²) >= 11 is 0. The Balaban J connectivity index is 2.16. The van der Waals surface area contributed by atoms with Gasteiger partial charge < -0.3 is 10.1 Å². The number of ether oxygens (including phenoxy) is 1. The number of amides is 1. The van der Waals surface area contributed by atoms with Gasteiger partial charge in [-0.3, -0.25) is 4.79 Å². The van der Waals surface area contributed by atoms with Gasteiger partial charge in [0, 0.05) is 24.3 Å². The molecule has 0 aliphatic carbocycles. The summed E-state index contributed by atoms with van der Waals surface area (Å²) in [6.07, 6.45) is 0. The Labute approximate surface area is 148 Å². The molecular formula is C18H22N2O4S. The van der Waals surface area contributed by atoms with Gasteiger partial charge in [0.05, 0.1) is 12.0 Å². The minimum atomic E-state index is -3.50. The first kappa shape index (κ1) is 19.0. The minimum absolute atomic E-state index is 0.204. The lowest BCUT2D eigenvalue weighted by Crippen LogP contribution is -2.30. The molecule has 0 bridgehead atoms. The summed E-state index contributed by atoms with van der Waals surface area (Å²) in [5.74, 6) is 0.298. The van der Waals surface area contributed by atoms with Gasteiger partial charge in [-0.15, -0.1) is 0 Å². The average molecular weight is 362 g/mol. The predicted octanol–water partition coefficient (Wildman–Crippen LogP) is 2.98. The van der Waals surface area contributed by atoms with Gasteiger partial charge in [-0.2, -0.15) is 4.31 Å². The van der Waals surface area contributed by atoms with Gasteiger partial charge in [-0.25, -0.2) is 8.42 Å². The van der Waals surface area contributed by atoms with Crippen LogP contribution in [0, 0.1) is 0 Å². The molecule has 0 aliphatic rings. The molecule has 0 aromatic heterocycles. The maximum Gasteiger partial charge on any atom is 0.255 e. The van der Waals surface area contributed by atoms with Crippen LogP contribution in [0.1, 0.15) is 24.2 Å². The summed E-state index contributed by atoms with van der Waals surface area (Å²) < 4.78 is 31.4. The van der Waals surface area contributed by atoms with Crippen molar-refractivity contribution in [2.45, 2.75) is 18.7 Å². The maximum absolute atomic E-state index is 12.4. The second-order valence-corrected chi connectivity index (χ2v) is 7.24. The molecule has 134 valence electrons. The number of rotatable bonds is 7. The number of hydrogen-bond acceptors (Lipinski definition) is 4.